The quantitative estimate of drug-likeness (QED) is 0.867. The normalized spacial score (nSPS) is 11.3. The van der Waals surface area contributed by atoms with Crippen LogP contribution in [0.15, 0.2) is 36.7 Å². The Hall–Kier alpha value is -1.79. The number of anilines is 1. The molecule has 0 unspecified atom stereocenters. The Bertz CT molecular complexity index is 689. The number of pyridine rings is 1. The van der Waals surface area contributed by atoms with E-state index in [-0.39, 0.29) is 21.3 Å². The first-order chi connectivity index (χ1) is 9.77. The maximum atomic E-state index is 12.7. The molecule has 0 radical (unpaired) electrons. The number of hydrogen-bond acceptors (Lipinski definition) is 2. The summed E-state index contributed by atoms with van der Waals surface area (Å²) in [6.07, 6.45) is -1.95. The topological polar surface area (TPSA) is 42.0 Å². The lowest BCUT2D eigenvalue weighted by atomic mass is 10.2. The molecule has 0 spiro atoms. The summed E-state index contributed by atoms with van der Waals surface area (Å²) in [6.45, 7) is 0. The zero-order valence-electron chi connectivity index (χ0n) is 10.2. The predicted octanol–water partition coefficient (Wildman–Crippen LogP) is 4.66. The van der Waals surface area contributed by atoms with Crippen LogP contribution in [0.2, 0.25) is 10.0 Å². The van der Waals surface area contributed by atoms with E-state index in [2.05, 4.69) is 10.3 Å². The SMILES string of the molecule is O=C(Nc1cc(Cl)cc(C(F)(F)F)c1)c1ccncc1Cl. The Labute approximate surface area is 127 Å². The molecule has 0 fully saturated rings. The van der Waals surface area contributed by atoms with Crippen LogP contribution in [0.1, 0.15) is 15.9 Å². The second kappa shape index (κ2) is 5.91. The van der Waals surface area contributed by atoms with Gasteiger partial charge in [0.15, 0.2) is 0 Å². The van der Waals surface area contributed by atoms with E-state index in [1.54, 1.807) is 0 Å². The van der Waals surface area contributed by atoms with E-state index >= 15 is 0 Å². The van der Waals surface area contributed by atoms with Crippen LogP contribution in [-0.4, -0.2) is 10.9 Å². The second-order valence-corrected chi connectivity index (χ2v) is 4.88. The van der Waals surface area contributed by atoms with Crippen LogP contribution in [0.25, 0.3) is 0 Å². The fraction of sp³-hybridized carbons (Fsp3) is 0.0769. The van der Waals surface area contributed by atoms with Crippen LogP contribution in [0.3, 0.4) is 0 Å². The molecule has 1 amide bonds. The number of rotatable bonds is 2. The molecule has 0 aliphatic rings. The summed E-state index contributed by atoms with van der Waals surface area (Å²) in [7, 11) is 0. The van der Waals surface area contributed by atoms with E-state index in [0.717, 1.165) is 12.1 Å². The van der Waals surface area contributed by atoms with Crippen molar-refractivity contribution in [2.45, 2.75) is 6.18 Å². The number of alkyl halides is 3. The minimum Gasteiger partial charge on any atom is -0.322 e. The van der Waals surface area contributed by atoms with Gasteiger partial charge in [0.1, 0.15) is 0 Å². The van der Waals surface area contributed by atoms with Crippen molar-refractivity contribution in [2.24, 2.45) is 0 Å². The van der Waals surface area contributed by atoms with Gasteiger partial charge >= 0.3 is 6.18 Å². The van der Waals surface area contributed by atoms with Gasteiger partial charge in [-0.15, -0.1) is 0 Å². The zero-order chi connectivity index (χ0) is 15.6. The Morgan fingerprint density at radius 2 is 1.90 bits per heavy atom. The van der Waals surface area contributed by atoms with Crippen molar-refractivity contribution in [3.63, 3.8) is 0 Å². The molecule has 1 heterocycles. The van der Waals surface area contributed by atoms with Crippen molar-refractivity contribution in [3.8, 4) is 0 Å². The summed E-state index contributed by atoms with van der Waals surface area (Å²) >= 11 is 11.4. The van der Waals surface area contributed by atoms with Crippen LogP contribution >= 0.6 is 23.2 Å². The highest BCUT2D eigenvalue weighted by Gasteiger charge is 2.31. The van der Waals surface area contributed by atoms with Crippen molar-refractivity contribution in [1.82, 2.24) is 4.98 Å². The maximum Gasteiger partial charge on any atom is 0.416 e. The fourth-order valence-electron chi connectivity index (χ4n) is 1.58. The Morgan fingerprint density at radius 1 is 1.19 bits per heavy atom. The second-order valence-electron chi connectivity index (χ2n) is 4.04. The van der Waals surface area contributed by atoms with E-state index in [1.165, 1.54) is 24.5 Å². The lowest BCUT2D eigenvalue weighted by Crippen LogP contribution is -2.14. The molecule has 0 aliphatic heterocycles. The summed E-state index contributed by atoms with van der Waals surface area (Å²) in [5.41, 5.74) is -0.931. The van der Waals surface area contributed by atoms with E-state index in [4.69, 9.17) is 23.2 Å². The van der Waals surface area contributed by atoms with Gasteiger partial charge in [-0.2, -0.15) is 13.2 Å². The molecule has 1 aromatic heterocycles. The van der Waals surface area contributed by atoms with Gasteiger partial charge in [0.25, 0.3) is 5.91 Å². The first kappa shape index (κ1) is 15.6. The summed E-state index contributed by atoms with van der Waals surface area (Å²) in [5.74, 6) is -0.655. The van der Waals surface area contributed by atoms with Gasteiger partial charge in [-0.3, -0.25) is 9.78 Å². The zero-order valence-corrected chi connectivity index (χ0v) is 11.7. The third-order valence-corrected chi connectivity index (χ3v) is 3.02. The molecule has 0 saturated carbocycles. The number of carbonyl (C=O) groups is 1. The van der Waals surface area contributed by atoms with Gasteiger partial charge in [0.05, 0.1) is 16.1 Å². The minimum atomic E-state index is -4.56. The third kappa shape index (κ3) is 3.86. The fourth-order valence-corrected chi connectivity index (χ4v) is 2.02. The number of halogens is 5. The van der Waals surface area contributed by atoms with Gasteiger partial charge in [0, 0.05) is 23.1 Å². The summed E-state index contributed by atoms with van der Waals surface area (Å²) in [6, 6.07) is 4.13. The van der Waals surface area contributed by atoms with Crippen molar-refractivity contribution in [1.29, 1.82) is 0 Å². The number of amides is 1. The van der Waals surface area contributed by atoms with Crippen molar-refractivity contribution >= 4 is 34.8 Å². The smallest absolute Gasteiger partial charge is 0.322 e. The molecule has 3 nitrogen and oxygen atoms in total. The van der Waals surface area contributed by atoms with E-state index < -0.39 is 17.6 Å². The molecule has 0 atom stereocenters. The number of nitrogens with one attached hydrogen (secondary N) is 1. The van der Waals surface area contributed by atoms with Gasteiger partial charge in [-0.05, 0) is 24.3 Å². The molecule has 2 aromatic rings. The van der Waals surface area contributed by atoms with Gasteiger partial charge in [-0.1, -0.05) is 23.2 Å². The van der Waals surface area contributed by atoms with Crippen molar-refractivity contribution < 1.29 is 18.0 Å². The summed E-state index contributed by atoms with van der Waals surface area (Å²) < 4.78 is 38.0. The average molecular weight is 335 g/mol. The van der Waals surface area contributed by atoms with Crippen LogP contribution in [0, 0.1) is 0 Å². The maximum absolute atomic E-state index is 12.7. The molecule has 110 valence electrons. The van der Waals surface area contributed by atoms with Crippen LogP contribution in [0.5, 0.6) is 0 Å². The van der Waals surface area contributed by atoms with Crippen molar-refractivity contribution in [3.05, 3.63) is 57.8 Å². The molecule has 0 bridgehead atoms. The monoisotopic (exact) mass is 334 g/mol. The molecular formula is C13H7Cl2F3N2O. The molecule has 1 aromatic carbocycles. The Kier molecular flexibility index (Phi) is 4.39. The number of aromatic nitrogens is 1. The number of hydrogen-bond donors (Lipinski definition) is 1. The van der Waals surface area contributed by atoms with E-state index in [0.29, 0.717) is 0 Å². The molecule has 0 aliphatic carbocycles. The standard InChI is InChI=1S/C13H7Cl2F3N2O/c14-8-3-7(13(16,17)18)4-9(5-8)20-12(21)10-1-2-19-6-11(10)15/h1-6H,(H,20,21). The molecule has 2 rings (SSSR count). The summed E-state index contributed by atoms with van der Waals surface area (Å²) in [5, 5.41) is 2.27. The Balaban J connectivity index is 2.30. The van der Waals surface area contributed by atoms with E-state index in [1.807, 2.05) is 0 Å². The lowest BCUT2D eigenvalue weighted by Gasteiger charge is -2.11. The number of nitrogens with zero attached hydrogens (tertiary/aromatic N) is 1. The largest absolute Gasteiger partial charge is 0.416 e. The molecule has 8 heteroatoms. The highest BCUT2D eigenvalue weighted by atomic mass is 35.5. The highest BCUT2D eigenvalue weighted by molar-refractivity contribution is 6.34. The van der Waals surface area contributed by atoms with Gasteiger partial charge in [0.2, 0.25) is 0 Å². The van der Waals surface area contributed by atoms with Crippen LogP contribution in [0.4, 0.5) is 18.9 Å². The van der Waals surface area contributed by atoms with Gasteiger partial charge in [-0.25, -0.2) is 0 Å². The third-order valence-electron chi connectivity index (χ3n) is 2.50. The molecule has 21 heavy (non-hydrogen) atoms. The number of carbonyl (C=O) groups excluding carboxylic acids is 1. The summed E-state index contributed by atoms with van der Waals surface area (Å²) in [4.78, 5) is 15.7. The first-order valence-corrected chi connectivity index (χ1v) is 6.31. The minimum absolute atomic E-state index is 0.0762. The van der Waals surface area contributed by atoms with Gasteiger partial charge < -0.3 is 5.32 Å². The van der Waals surface area contributed by atoms with E-state index in [9.17, 15) is 18.0 Å². The van der Waals surface area contributed by atoms with Crippen molar-refractivity contribution in [2.75, 3.05) is 5.32 Å². The number of benzene rings is 1. The highest BCUT2D eigenvalue weighted by Crippen LogP contribution is 2.33. The molecular weight excluding hydrogens is 328 g/mol. The van der Waals surface area contributed by atoms with Crippen LogP contribution in [-0.2, 0) is 6.18 Å². The Morgan fingerprint density at radius 3 is 2.52 bits per heavy atom. The molecule has 0 saturated heterocycles. The predicted molar refractivity (Wildman–Crippen MR) is 73.7 cm³/mol. The van der Waals surface area contributed by atoms with Crippen LogP contribution < -0.4 is 5.32 Å². The lowest BCUT2D eigenvalue weighted by molar-refractivity contribution is -0.137. The first-order valence-electron chi connectivity index (χ1n) is 5.56. The molecule has 1 N–H and O–H groups in total. The average Bonchev–Trinajstić information content (AvgIpc) is 2.37.